The number of hydrogen-bond acceptors (Lipinski definition) is 7. The van der Waals surface area contributed by atoms with E-state index >= 15 is 0 Å². The Labute approximate surface area is 183 Å². The maximum absolute atomic E-state index is 12.9. The molecule has 8 nitrogen and oxygen atoms in total. The van der Waals surface area contributed by atoms with Gasteiger partial charge < -0.3 is 10.6 Å². The SMILES string of the molecule is Cc1c(NC(=O)C(C)Sc2nnc(NCC(C)C)s2)c(=O)n(-c2ccccc2)n1C. The van der Waals surface area contributed by atoms with E-state index in [1.54, 1.807) is 23.3 Å². The first kappa shape index (κ1) is 22.1. The van der Waals surface area contributed by atoms with Crippen molar-refractivity contribution in [3.63, 3.8) is 0 Å². The number of aromatic nitrogens is 4. The van der Waals surface area contributed by atoms with Crippen molar-refractivity contribution >= 4 is 39.8 Å². The Balaban J connectivity index is 1.71. The number of para-hydroxylation sites is 1. The van der Waals surface area contributed by atoms with Crippen molar-refractivity contribution in [2.75, 3.05) is 17.2 Å². The van der Waals surface area contributed by atoms with Crippen molar-refractivity contribution in [2.24, 2.45) is 13.0 Å². The molecule has 0 saturated carbocycles. The summed E-state index contributed by atoms with van der Waals surface area (Å²) in [7, 11) is 1.80. The van der Waals surface area contributed by atoms with Crippen LogP contribution in [0.15, 0.2) is 39.5 Å². The maximum atomic E-state index is 12.9. The first-order chi connectivity index (χ1) is 14.3. The summed E-state index contributed by atoms with van der Waals surface area (Å²) in [6.45, 7) is 8.65. The lowest BCUT2D eigenvalue weighted by Gasteiger charge is -2.09. The zero-order chi connectivity index (χ0) is 21.8. The lowest BCUT2D eigenvalue weighted by molar-refractivity contribution is -0.115. The van der Waals surface area contributed by atoms with Gasteiger partial charge in [-0.3, -0.25) is 14.3 Å². The molecule has 1 atom stereocenters. The van der Waals surface area contributed by atoms with Gasteiger partial charge in [0.1, 0.15) is 5.69 Å². The molecule has 0 bridgehead atoms. The van der Waals surface area contributed by atoms with Crippen LogP contribution in [0.1, 0.15) is 26.5 Å². The molecule has 0 spiro atoms. The van der Waals surface area contributed by atoms with E-state index in [0.717, 1.165) is 17.4 Å². The first-order valence-electron chi connectivity index (χ1n) is 9.66. The van der Waals surface area contributed by atoms with Crippen LogP contribution in [0.3, 0.4) is 0 Å². The minimum absolute atomic E-state index is 0.252. The summed E-state index contributed by atoms with van der Waals surface area (Å²) < 4.78 is 3.98. The topological polar surface area (TPSA) is 93.8 Å². The highest BCUT2D eigenvalue weighted by atomic mass is 32.2. The Morgan fingerprint density at radius 2 is 1.90 bits per heavy atom. The largest absolute Gasteiger partial charge is 0.360 e. The third-order valence-electron chi connectivity index (χ3n) is 4.52. The number of nitrogens with one attached hydrogen (secondary N) is 2. The van der Waals surface area contributed by atoms with Crippen molar-refractivity contribution in [2.45, 2.75) is 37.3 Å². The molecule has 3 rings (SSSR count). The predicted octanol–water partition coefficient (Wildman–Crippen LogP) is 3.52. The van der Waals surface area contributed by atoms with Crippen LogP contribution >= 0.6 is 23.1 Å². The van der Waals surface area contributed by atoms with Crippen LogP contribution in [0.25, 0.3) is 5.69 Å². The molecule has 1 aromatic carbocycles. The van der Waals surface area contributed by atoms with Crippen LogP contribution < -0.4 is 16.2 Å². The lowest BCUT2D eigenvalue weighted by atomic mass is 10.2. The molecule has 10 heteroatoms. The van der Waals surface area contributed by atoms with E-state index in [0.29, 0.717) is 16.0 Å². The summed E-state index contributed by atoms with van der Waals surface area (Å²) in [6, 6.07) is 9.33. The highest BCUT2D eigenvalue weighted by Gasteiger charge is 2.22. The molecule has 0 aliphatic heterocycles. The van der Waals surface area contributed by atoms with Gasteiger partial charge in [0.2, 0.25) is 11.0 Å². The molecule has 0 radical (unpaired) electrons. The second kappa shape index (κ2) is 9.48. The molecule has 0 aliphatic rings. The summed E-state index contributed by atoms with van der Waals surface area (Å²) in [5, 5.41) is 14.6. The zero-order valence-corrected chi connectivity index (χ0v) is 19.3. The Kier molecular flexibility index (Phi) is 6.99. The van der Waals surface area contributed by atoms with Crippen molar-refractivity contribution in [3.05, 3.63) is 46.4 Å². The zero-order valence-electron chi connectivity index (χ0n) is 17.7. The van der Waals surface area contributed by atoms with E-state index in [1.165, 1.54) is 23.1 Å². The fourth-order valence-corrected chi connectivity index (χ4v) is 4.66. The summed E-state index contributed by atoms with van der Waals surface area (Å²) in [5.41, 5.74) is 1.45. The van der Waals surface area contributed by atoms with Crippen LogP contribution in [0, 0.1) is 12.8 Å². The minimum Gasteiger partial charge on any atom is -0.360 e. The average molecular weight is 447 g/mol. The van der Waals surface area contributed by atoms with Crippen LogP contribution in [0.4, 0.5) is 10.8 Å². The number of hydrogen-bond donors (Lipinski definition) is 2. The standard InChI is InChI=1S/C20H26N6O2S2/c1-12(2)11-21-19-23-24-20(30-19)29-14(4)17(27)22-16-13(3)25(5)26(18(16)28)15-9-7-6-8-10-15/h6-10,12,14H,11H2,1-5H3,(H,21,23)(H,22,27). The Hall–Kier alpha value is -2.59. The molecule has 0 aliphatic carbocycles. The smallest absolute Gasteiger partial charge is 0.295 e. The van der Waals surface area contributed by atoms with Gasteiger partial charge in [-0.2, -0.15) is 0 Å². The van der Waals surface area contributed by atoms with Crippen LogP contribution in [0.2, 0.25) is 0 Å². The summed E-state index contributed by atoms with van der Waals surface area (Å²) in [5.74, 6) is 0.252. The number of amides is 1. The van der Waals surface area contributed by atoms with Crippen LogP contribution in [-0.4, -0.2) is 37.3 Å². The molecule has 30 heavy (non-hydrogen) atoms. The normalized spacial score (nSPS) is 12.2. The van der Waals surface area contributed by atoms with Gasteiger partial charge in [-0.15, -0.1) is 10.2 Å². The van der Waals surface area contributed by atoms with E-state index in [-0.39, 0.29) is 17.2 Å². The second-order valence-corrected chi connectivity index (χ2v) is 9.90. The highest BCUT2D eigenvalue weighted by molar-refractivity contribution is 8.02. The summed E-state index contributed by atoms with van der Waals surface area (Å²) in [4.78, 5) is 25.7. The Morgan fingerprint density at radius 1 is 1.20 bits per heavy atom. The van der Waals surface area contributed by atoms with E-state index in [2.05, 4.69) is 34.7 Å². The van der Waals surface area contributed by atoms with Gasteiger partial charge in [0.15, 0.2) is 4.34 Å². The number of carbonyl (C=O) groups excluding carboxylic acids is 1. The molecular weight excluding hydrogens is 420 g/mol. The van der Waals surface area contributed by atoms with Gasteiger partial charge >= 0.3 is 0 Å². The minimum atomic E-state index is -0.430. The van der Waals surface area contributed by atoms with E-state index in [9.17, 15) is 9.59 Å². The van der Waals surface area contributed by atoms with Gasteiger partial charge in [-0.1, -0.05) is 55.1 Å². The average Bonchev–Trinajstić information content (AvgIpc) is 3.25. The van der Waals surface area contributed by atoms with Crippen LogP contribution in [-0.2, 0) is 11.8 Å². The fourth-order valence-electron chi connectivity index (χ4n) is 2.76. The molecule has 1 unspecified atom stereocenters. The number of anilines is 2. The molecule has 1 amide bonds. The van der Waals surface area contributed by atoms with E-state index in [4.69, 9.17) is 0 Å². The van der Waals surface area contributed by atoms with Gasteiger partial charge in [-0.05, 0) is 31.9 Å². The molecule has 2 heterocycles. The van der Waals surface area contributed by atoms with E-state index < -0.39 is 5.25 Å². The maximum Gasteiger partial charge on any atom is 0.295 e. The number of rotatable bonds is 8. The highest BCUT2D eigenvalue weighted by Crippen LogP contribution is 2.29. The molecule has 2 aromatic heterocycles. The fraction of sp³-hybridized carbons (Fsp3) is 0.400. The van der Waals surface area contributed by atoms with E-state index in [1.807, 2.05) is 37.3 Å². The molecule has 160 valence electrons. The molecule has 2 N–H and O–H groups in total. The molecule has 0 fully saturated rings. The van der Waals surface area contributed by atoms with Crippen molar-refractivity contribution < 1.29 is 4.79 Å². The van der Waals surface area contributed by atoms with Gasteiger partial charge in [0.05, 0.1) is 16.6 Å². The number of carbonyl (C=O) groups is 1. The van der Waals surface area contributed by atoms with Crippen molar-refractivity contribution in [3.8, 4) is 5.69 Å². The predicted molar refractivity (Wildman–Crippen MR) is 123 cm³/mol. The molecule has 3 aromatic rings. The number of nitrogens with zero attached hydrogens (tertiary/aromatic N) is 4. The molecular formula is C20H26N6O2S2. The monoisotopic (exact) mass is 446 g/mol. The summed E-state index contributed by atoms with van der Waals surface area (Å²) >= 11 is 2.74. The first-order valence-corrected chi connectivity index (χ1v) is 11.4. The third-order valence-corrected chi connectivity index (χ3v) is 6.58. The Bertz CT molecular complexity index is 1070. The van der Waals surface area contributed by atoms with Crippen molar-refractivity contribution in [1.29, 1.82) is 0 Å². The number of benzene rings is 1. The lowest BCUT2D eigenvalue weighted by Crippen LogP contribution is -2.27. The van der Waals surface area contributed by atoms with Gasteiger partial charge in [-0.25, -0.2) is 4.68 Å². The van der Waals surface area contributed by atoms with Gasteiger partial charge in [0, 0.05) is 13.6 Å². The van der Waals surface area contributed by atoms with Crippen molar-refractivity contribution in [1.82, 2.24) is 19.6 Å². The Morgan fingerprint density at radius 3 is 2.57 bits per heavy atom. The van der Waals surface area contributed by atoms with Crippen LogP contribution in [0.5, 0.6) is 0 Å². The quantitative estimate of drug-likeness (QED) is 0.514. The summed E-state index contributed by atoms with van der Waals surface area (Å²) in [6.07, 6.45) is 0. The van der Waals surface area contributed by atoms with Gasteiger partial charge in [0.25, 0.3) is 5.56 Å². The third kappa shape index (κ3) is 4.93. The molecule has 0 saturated heterocycles. The number of thioether (sulfide) groups is 1. The second-order valence-electron chi connectivity index (χ2n) is 7.33.